The van der Waals surface area contributed by atoms with Gasteiger partial charge in [0, 0.05) is 12.2 Å². The van der Waals surface area contributed by atoms with E-state index in [9.17, 15) is 4.79 Å². The standard InChI is InChI=1S/C15H22ClN3O/c1-15(2)8-4-3-5-13(15)19-14(20)18-10-12-7-6-11(16)9-17-12/h6-7,9,13H,3-5,8,10H2,1-2H3,(H2,18,19,20). The van der Waals surface area contributed by atoms with Crippen LogP contribution in [0.1, 0.15) is 45.2 Å². The Morgan fingerprint density at radius 1 is 1.45 bits per heavy atom. The molecule has 5 heteroatoms. The predicted octanol–water partition coefficient (Wildman–Crippen LogP) is 3.50. The predicted molar refractivity (Wildman–Crippen MR) is 80.7 cm³/mol. The summed E-state index contributed by atoms with van der Waals surface area (Å²) in [6.45, 7) is 4.85. The molecule has 20 heavy (non-hydrogen) atoms. The van der Waals surface area contributed by atoms with Crippen molar-refractivity contribution in [2.45, 2.75) is 52.1 Å². The van der Waals surface area contributed by atoms with Gasteiger partial charge in [-0.05, 0) is 30.4 Å². The Morgan fingerprint density at radius 3 is 2.90 bits per heavy atom. The minimum absolute atomic E-state index is 0.123. The molecule has 1 unspecified atom stereocenters. The monoisotopic (exact) mass is 295 g/mol. The van der Waals surface area contributed by atoms with Crippen LogP contribution in [0.25, 0.3) is 0 Å². The number of carbonyl (C=O) groups excluding carboxylic acids is 1. The second-order valence-corrected chi connectivity index (χ2v) is 6.52. The number of aromatic nitrogens is 1. The largest absolute Gasteiger partial charge is 0.335 e. The average Bonchev–Trinajstić information content (AvgIpc) is 2.40. The Kier molecular flexibility index (Phi) is 4.86. The van der Waals surface area contributed by atoms with Crippen LogP contribution < -0.4 is 10.6 Å². The number of nitrogens with one attached hydrogen (secondary N) is 2. The van der Waals surface area contributed by atoms with Gasteiger partial charge in [-0.15, -0.1) is 0 Å². The summed E-state index contributed by atoms with van der Waals surface area (Å²) in [5.74, 6) is 0. The van der Waals surface area contributed by atoms with E-state index >= 15 is 0 Å². The quantitative estimate of drug-likeness (QED) is 0.896. The second-order valence-electron chi connectivity index (χ2n) is 6.08. The molecule has 4 nitrogen and oxygen atoms in total. The Balaban J connectivity index is 1.81. The smallest absolute Gasteiger partial charge is 0.315 e. The molecule has 1 heterocycles. The van der Waals surface area contributed by atoms with Crippen molar-refractivity contribution >= 4 is 17.6 Å². The molecule has 0 saturated heterocycles. The highest BCUT2D eigenvalue weighted by molar-refractivity contribution is 6.30. The number of urea groups is 1. The van der Waals surface area contributed by atoms with Gasteiger partial charge in [-0.2, -0.15) is 0 Å². The average molecular weight is 296 g/mol. The topological polar surface area (TPSA) is 54.0 Å². The molecular weight excluding hydrogens is 274 g/mol. The van der Waals surface area contributed by atoms with Gasteiger partial charge in [0.1, 0.15) is 0 Å². The van der Waals surface area contributed by atoms with Crippen molar-refractivity contribution in [3.8, 4) is 0 Å². The molecule has 0 bridgehead atoms. The lowest BCUT2D eigenvalue weighted by atomic mass is 9.73. The first kappa shape index (κ1) is 15.1. The Labute approximate surface area is 125 Å². The van der Waals surface area contributed by atoms with E-state index in [-0.39, 0.29) is 17.5 Å². The van der Waals surface area contributed by atoms with E-state index < -0.39 is 0 Å². The molecule has 1 atom stereocenters. The molecule has 0 aromatic carbocycles. The van der Waals surface area contributed by atoms with Gasteiger partial charge >= 0.3 is 6.03 Å². The minimum atomic E-state index is -0.123. The summed E-state index contributed by atoms with van der Waals surface area (Å²) < 4.78 is 0. The third-order valence-corrected chi connectivity index (χ3v) is 4.25. The number of hydrogen-bond donors (Lipinski definition) is 2. The van der Waals surface area contributed by atoms with Crippen molar-refractivity contribution in [1.82, 2.24) is 15.6 Å². The molecule has 1 fully saturated rings. The van der Waals surface area contributed by atoms with Gasteiger partial charge in [0.25, 0.3) is 0 Å². The fourth-order valence-corrected chi connectivity index (χ4v) is 2.76. The lowest BCUT2D eigenvalue weighted by molar-refractivity contribution is 0.166. The van der Waals surface area contributed by atoms with E-state index in [2.05, 4.69) is 29.5 Å². The number of carbonyl (C=O) groups is 1. The molecule has 1 saturated carbocycles. The number of pyridine rings is 1. The van der Waals surface area contributed by atoms with Crippen LogP contribution in [0.2, 0.25) is 5.02 Å². The van der Waals surface area contributed by atoms with Crippen LogP contribution in [0.4, 0.5) is 4.79 Å². The SMILES string of the molecule is CC1(C)CCCCC1NC(=O)NCc1ccc(Cl)cn1. The van der Waals surface area contributed by atoms with Gasteiger partial charge in [-0.1, -0.05) is 38.3 Å². The molecule has 110 valence electrons. The Bertz CT molecular complexity index is 459. The molecule has 0 aliphatic heterocycles. The summed E-state index contributed by atoms with van der Waals surface area (Å²) in [6, 6.07) is 3.71. The van der Waals surface area contributed by atoms with Crippen LogP contribution >= 0.6 is 11.6 Å². The summed E-state index contributed by atoms with van der Waals surface area (Å²) >= 11 is 5.77. The van der Waals surface area contributed by atoms with Gasteiger partial charge in [0.05, 0.1) is 17.3 Å². The summed E-state index contributed by atoms with van der Waals surface area (Å²) in [5.41, 5.74) is 0.973. The Hall–Kier alpha value is -1.29. The highest BCUT2D eigenvalue weighted by Crippen LogP contribution is 2.35. The highest BCUT2D eigenvalue weighted by atomic mass is 35.5. The molecule has 2 amide bonds. The molecule has 2 N–H and O–H groups in total. The molecule has 0 spiro atoms. The second kappa shape index (κ2) is 6.44. The minimum Gasteiger partial charge on any atom is -0.335 e. The van der Waals surface area contributed by atoms with E-state index in [4.69, 9.17) is 11.6 Å². The lowest BCUT2D eigenvalue weighted by Crippen LogP contribution is -2.50. The van der Waals surface area contributed by atoms with Crippen molar-refractivity contribution in [3.05, 3.63) is 29.0 Å². The Morgan fingerprint density at radius 2 is 2.25 bits per heavy atom. The molecule has 2 rings (SSSR count). The van der Waals surface area contributed by atoms with E-state index in [1.165, 1.54) is 12.8 Å². The van der Waals surface area contributed by atoms with Crippen molar-refractivity contribution < 1.29 is 4.79 Å². The van der Waals surface area contributed by atoms with Gasteiger partial charge in [-0.25, -0.2) is 4.79 Å². The molecule has 1 aliphatic rings. The van der Waals surface area contributed by atoms with Crippen molar-refractivity contribution in [2.75, 3.05) is 0 Å². The number of amides is 2. The molecule has 1 aliphatic carbocycles. The molecule has 0 radical (unpaired) electrons. The first-order chi connectivity index (χ1) is 9.47. The fraction of sp³-hybridized carbons (Fsp3) is 0.600. The number of rotatable bonds is 3. The molecular formula is C15H22ClN3O. The van der Waals surface area contributed by atoms with Crippen molar-refractivity contribution in [3.63, 3.8) is 0 Å². The maximum absolute atomic E-state index is 12.0. The first-order valence-electron chi connectivity index (χ1n) is 7.12. The first-order valence-corrected chi connectivity index (χ1v) is 7.50. The van der Waals surface area contributed by atoms with Gasteiger partial charge in [0.15, 0.2) is 0 Å². The number of nitrogens with zero attached hydrogens (tertiary/aromatic N) is 1. The van der Waals surface area contributed by atoms with Gasteiger partial charge in [0.2, 0.25) is 0 Å². The summed E-state index contributed by atoms with van der Waals surface area (Å²) in [5, 5.41) is 6.53. The number of halogens is 1. The van der Waals surface area contributed by atoms with Gasteiger partial charge < -0.3 is 10.6 Å². The van der Waals surface area contributed by atoms with Gasteiger partial charge in [-0.3, -0.25) is 4.98 Å². The summed E-state index contributed by atoms with van der Waals surface area (Å²) in [4.78, 5) is 16.1. The van der Waals surface area contributed by atoms with Crippen LogP contribution in [0.5, 0.6) is 0 Å². The summed E-state index contributed by atoms with van der Waals surface area (Å²) in [7, 11) is 0. The maximum atomic E-state index is 12.0. The van der Waals surface area contributed by atoms with Crippen LogP contribution in [0.15, 0.2) is 18.3 Å². The fourth-order valence-electron chi connectivity index (χ4n) is 2.65. The van der Waals surface area contributed by atoms with E-state index in [0.717, 1.165) is 18.5 Å². The summed E-state index contributed by atoms with van der Waals surface area (Å²) in [6.07, 6.45) is 6.24. The normalized spacial score (nSPS) is 21.2. The third-order valence-electron chi connectivity index (χ3n) is 4.03. The molecule has 1 aromatic rings. The van der Waals surface area contributed by atoms with E-state index in [1.54, 1.807) is 12.3 Å². The van der Waals surface area contributed by atoms with Crippen LogP contribution in [0.3, 0.4) is 0 Å². The van der Waals surface area contributed by atoms with Crippen molar-refractivity contribution in [1.29, 1.82) is 0 Å². The van der Waals surface area contributed by atoms with E-state index in [1.807, 2.05) is 6.07 Å². The van der Waals surface area contributed by atoms with Crippen molar-refractivity contribution in [2.24, 2.45) is 5.41 Å². The van der Waals surface area contributed by atoms with E-state index in [0.29, 0.717) is 11.6 Å². The maximum Gasteiger partial charge on any atom is 0.315 e. The van der Waals surface area contributed by atoms with Crippen LogP contribution in [-0.2, 0) is 6.54 Å². The lowest BCUT2D eigenvalue weighted by Gasteiger charge is -2.38. The zero-order valence-corrected chi connectivity index (χ0v) is 12.8. The molecule has 1 aromatic heterocycles. The third kappa shape index (κ3) is 4.10. The van der Waals surface area contributed by atoms with Crippen LogP contribution in [-0.4, -0.2) is 17.1 Å². The highest BCUT2D eigenvalue weighted by Gasteiger charge is 2.33. The van der Waals surface area contributed by atoms with Crippen LogP contribution in [0, 0.1) is 5.41 Å². The number of hydrogen-bond acceptors (Lipinski definition) is 2. The zero-order chi connectivity index (χ0) is 14.6. The zero-order valence-electron chi connectivity index (χ0n) is 12.1.